The van der Waals surface area contributed by atoms with Gasteiger partial charge in [0.2, 0.25) is 0 Å². The Morgan fingerprint density at radius 2 is 2.59 bits per heavy atom. The summed E-state index contributed by atoms with van der Waals surface area (Å²) in [6.07, 6.45) is 2.30. The van der Waals surface area contributed by atoms with Gasteiger partial charge in [-0.1, -0.05) is 0 Å². The second-order valence-corrected chi connectivity index (χ2v) is 4.37. The summed E-state index contributed by atoms with van der Waals surface area (Å²) in [5.41, 5.74) is 0.125. The third kappa shape index (κ3) is 2.76. The molecule has 2 rings (SSSR count). The molecule has 0 radical (unpaired) electrons. The van der Waals surface area contributed by atoms with E-state index >= 15 is 0 Å². The normalized spacial score (nSPS) is 23.6. The van der Waals surface area contributed by atoms with Crippen molar-refractivity contribution in [3.8, 4) is 0 Å². The minimum absolute atomic E-state index is 0.0726. The molecule has 17 heavy (non-hydrogen) atoms. The van der Waals surface area contributed by atoms with Crippen molar-refractivity contribution >= 4 is 12.0 Å². The van der Waals surface area contributed by atoms with Gasteiger partial charge in [-0.25, -0.2) is 4.79 Å². The summed E-state index contributed by atoms with van der Waals surface area (Å²) in [6.45, 7) is 5.98. The lowest BCUT2D eigenvalue weighted by Gasteiger charge is -2.22. The highest BCUT2D eigenvalue weighted by Crippen LogP contribution is 2.20. The van der Waals surface area contributed by atoms with E-state index in [2.05, 4.69) is 22.5 Å². The van der Waals surface area contributed by atoms with E-state index in [1.165, 1.54) is 6.26 Å². The van der Waals surface area contributed by atoms with Gasteiger partial charge < -0.3 is 19.8 Å². The first kappa shape index (κ1) is 11.9. The molecule has 1 aliphatic rings. The lowest BCUT2D eigenvalue weighted by Crippen LogP contribution is -2.36. The molecule has 0 spiro atoms. The predicted molar refractivity (Wildman–Crippen MR) is 62.0 cm³/mol. The summed E-state index contributed by atoms with van der Waals surface area (Å²) in [5.74, 6) is -0.459. The second-order valence-electron chi connectivity index (χ2n) is 4.37. The van der Waals surface area contributed by atoms with E-state index in [-0.39, 0.29) is 11.2 Å². The van der Waals surface area contributed by atoms with E-state index in [0.29, 0.717) is 12.6 Å². The second kappa shape index (κ2) is 4.75. The highest BCUT2D eigenvalue weighted by Gasteiger charge is 2.30. The van der Waals surface area contributed by atoms with E-state index in [1.54, 1.807) is 6.92 Å². The monoisotopic (exact) mass is 239 g/mol. The number of aromatic nitrogens is 1. The number of carbonyl (C=O) groups is 1. The minimum Gasteiger partial charge on any atom is -0.461 e. The van der Waals surface area contributed by atoms with Gasteiger partial charge in [0.1, 0.15) is 6.26 Å². The van der Waals surface area contributed by atoms with Crippen molar-refractivity contribution in [1.82, 2.24) is 10.3 Å². The molecule has 6 nitrogen and oxygen atoms in total. The molecule has 94 valence electrons. The van der Waals surface area contributed by atoms with Crippen LogP contribution >= 0.6 is 0 Å². The van der Waals surface area contributed by atoms with E-state index < -0.39 is 5.97 Å². The summed E-state index contributed by atoms with van der Waals surface area (Å²) in [5, 5.41) is 6.45. The molecule has 1 aromatic rings. The van der Waals surface area contributed by atoms with E-state index in [4.69, 9.17) is 9.15 Å². The SMILES string of the molecule is CCOC(=O)c1coc(NC2(C)CCNC2)n1. The first-order valence-electron chi connectivity index (χ1n) is 5.74. The van der Waals surface area contributed by atoms with Crippen molar-refractivity contribution in [2.75, 3.05) is 25.0 Å². The first-order valence-corrected chi connectivity index (χ1v) is 5.74. The van der Waals surface area contributed by atoms with E-state index in [0.717, 1.165) is 19.5 Å². The van der Waals surface area contributed by atoms with Crippen molar-refractivity contribution in [2.24, 2.45) is 0 Å². The Bertz CT molecular complexity index is 396. The molecule has 0 aliphatic carbocycles. The lowest BCUT2D eigenvalue weighted by molar-refractivity contribution is 0.0519. The Balaban J connectivity index is 2.00. The van der Waals surface area contributed by atoms with Crippen molar-refractivity contribution in [3.63, 3.8) is 0 Å². The topological polar surface area (TPSA) is 76.4 Å². The molecule has 2 heterocycles. The number of carbonyl (C=O) groups excluding carboxylic acids is 1. The number of hydrogen-bond acceptors (Lipinski definition) is 6. The van der Waals surface area contributed by atoms with Gasteiger partial charge in [-0.3, -0.25) is 0 Å². The molecule has 1 atom stereocenters. The molecule has 1 aromatic heterocycles. The zero-order chi connectivity index (χ0) is 12.3. The van der Waals surface area contributed by atoms with Crippen molar-refractivity contribution in [1.29, 1.82) is 0 Å². The van der Waals surface area contributed by atoms with Crippen LogP contribution in [-0.2, 0) is 4.74 Å². The van der Waals surface area contributed by atoms with Crippen LogP contribution in [0.2, 0.25) is 0 Å². The Labute approximate surface area is 99.7 Å². The number of oxazole rings is 1. The third-order valence-electron chi connectivity index (χ3n) is 2.77. The van der Waals surface area contributed by atoms with Gasteiger partial charge in [-0.05, 0) is 26.8 Å². The van der Waals surface area contributed by atoms with Crippen LogP contribution in [0.3, 0.4) is 0 Å². The summed E-state index contributed by atoms with van der Waals surface area (Å²) in [4.78, 5) is 15.4. The molecule has 0 aromatic carbocycles. The molecule has 2 N–H and O–H groups in total. The summed E-state index contributed by atoms with van der Waals surface area (Å²) >= 11 is 0. The molecule has 6 heteroatoms. The number of nitrogens with zero attached hydrogens (tertiary/aromatic N) is 1. The lowest BCUT2D eigenvalue weighted by atomic mass is 10.0. The third-order valence-corrected chi connectivity index (χ3v) is 2.77. The van der Waals surface area contributed by atoms with Gasteiger partial charge in [0.25, 0.3) is 6.01 Å². The quantitative estimate of drug-likeness (QED) is 0.764. The Morgan fingerprint density at radius 3 is 3.24 bits per heavy atom. The van der Waals surface area contributed by atoms with Crippen LogP contribution in [0.4, 0.5) is 6.01 Å². The fourth-order valence-corrected chi connectivity index (χ4v) is 1.81. The Hall–Kier alpha value is -1.56. The Morgan fingerprint density at radius 1 is 1.76 bits per heavy atom. The maximum Gasteiger partial charge on any atom is 0.360 e. The van der Waals surface area contributed by atoms with Crippen LogP contribution in [0.15, 0.2) is 10.7 Å². The largest absolute Gasteiger partial charge is 0.461 e. The average molecular weight is 239 g/mol. The van der Waals surface area contributed by atoms with Crippen molar-refractivity contribution in [2.45, 2.75) is 25.8 Å². The average Bonchev–Trinajstić information content (AvgIpc) is 2.89. The number of rotatable bonds is 4. The predicted octanol–water partition coefficient (Wildman–Crippen LogP) is 1.02. The maximum absolute atomic E-state index is 11.4. The number of ether oxygens (including phenoxy) is 1. The molecular formula is C11H17N3O3. The maximum atomic E-state index is 11.4. The number of hydrogen-bond donors (Lipinski definition) is 2. The minimum atomic E-state index is -0.459. The van der Waals surface area contributed by atoms with E-state index in [1.807, 2.05) is 0 Å². The van der Waals surface area contributed by atoms with Crippen LogP contribution < -0.4 is 10.6 Å². The van der Waals surface area contributed by atoms with Gasteiger partial charge in [0.15, 0.2) is 5.69 Å². The van der Waals surface area contributed by atoms with Crippen LogP contribution in [0.5, 0.6) is 0 Å². The molecule has 0 bridgehead atoms. The summed E-state index contributed by atoms with van der Waals surface area (Å²) in [6, 6.07) is 0.360. The van der Waals surface area contributed by atoms with Gasteiger partial charge >= 0.3 is 5.97 Å². The first-order chi connectivity index (χ1) is 8.13. The smallest absolute Gasteiger partial charge is 0.360 e. The van der Waals surface area contributed by atoms with Crippen LogP contribution in [-0.4, -0.2) is 36.2 Å². The van der Waals surface area contributed by atoms with Gasteiger partial charge in [-0.2, -0.15) is 4.98 Å². The number of nitrogens with one attached hydrogen (secondary N) is 2. The molecular weight excluding hydrogens is 222 g/mol. The standard InChI is InChI=1S/C11H17N3O3/c1-3-16-9(15)8-6-17-10(13-8)14-11(2)4-5-12-7-11/h6,12H,3-5,7H2,1-2H3,(H,13,14). The highest BCUT2D eigenvalue weighted by molar-refractivity contribution is 5.87. The van der Waals surface area contributed by atoms with Crippen molar-refractivity contribution in [3.05, 3.63) is 12.0 Å². The van der Waals surface area contributed by atoms with Crippen molar-refractivity contribution < 1.29 is 13.9 Å². The van der Waals surface area contributed by atoms with Crippen LogP contribution in [0.1, 0.15) is 30.8 Å². The van der Waals surface area contributed by atoms with Gasteiger partial charge in [0, 0.05) is 6.54 Å². The van der Waals surface area contributed by atoms with Gasteiger partial charge in [-0.15, -0.1) is 0 Å². The molecule has 1 unspecified atom stereocenters. The molecule has 1 saturated heterocycles. The van der Waals surface area contributed by atoms with Crippen LogP contribution in [0, 0.1) is 0 Å². The van der Waals surface area contributed by atoms with E-state index in [9.17, 15) is 4.79 Å². The zero-order valence-corrected chi connectivity index (χ0v) is 10.1. The number of anilines is 1. The zero-order valence-electron chi connectivity index (χ0n) is 10.1. The summed E-state index contributed by atoms with van der Waals surface area (Å²) in [7, 11) is 0. The number of esters is 1. The fraction of sp³-hybridized carbons (Fsp3) is 0.636. The highest BCUT2D eigenvalue weighted by atomic mass is 16.5. The fourth-order valence-electron chi connectivity index (χ4n) is 1.81. The molecule has 0 amide bonds. The molecule has 0 saturated carbocycles. The summed E-state index contributed by atoms with van der Waals surface area (Å²) < 4.78 is 10.0. The van der Waals surface area contributed by atoms with Crippen LogP contribution in [0.25, 0.3) is 0 Å². The van der Waals surface area contributed by atoms with Gasteiger partial charge in [0.05, 0.1) is 12.1 Å². The Kier molecular flexibility index (Phi) is 3.33. The molecule has 1 aliphatic heterocycles. The molecule has 1 fully saturated rings.